The van der Waals surface area contributed by atoms with Crippen molar-refractivity contribution in [1.82, 2.24) is 5.32 Å². The number of nitrogens with zero attached hydrogens (tertiary/aromatic N) is 2. The van der Waals surface area contributed by atoms with E-state index >= 15 is 0 Å². The van der Waals surface area contributed by atoms with E-state index in [1.54, 1.807) is 31.2 Å². The summed E-state index contributed by atoms with van der Waals surface area (Å²) in [6.45, 7) is 6.60. The molecular formula is C24H33N3O4S. The van der Waals surface area contributed by atoms with Gasteiger partial charge >= 0.3 is 0 Å². The van der Waals surface area contributed by atoms with Crippen LogP contribution in [0.3, 0.4) is 0 Å². The molecule has 2 aromatic rings. The monoisotopic (exact) mass is 459 g/mol. The molecule has 32 heavy (non-hydrogen) atoms. The number of carbonyl (C=O) groups is 1. The molecule has 1 N–H and O–H groups in total. The maximum atomic E-state index is 12.4. The van der Waals surface area contributed by atoms with Crippen LogP contribution in [0.4, 0.5) is 11.4 Å². The zero-order valence-corrected chi connectivity index (χ0v) is 20.1. The number of hydrogen-bond donors (Lipinski definition) is 1. The van der Waals surface area contributed by atoms with E-state index in [2.05, 4.69) is 41.4 Å². The Kier molecular flexibility index (Phi) is 7.66. The van der Waals surface area contributed by atoms with E-state index in [0.29, 0.717) is 18.0 Å². The molecule has 1 amide bonds. The zero-order chi connectivity index (χ0) is 23.3. The lowest BCUT2D eigenvalue weighted by molar-refractivity contribution is -0.127. The predicted octanol–water partition coefficient (Wildman–Crippen LogP) is 3.40. The third-order valence-electron chi connectivity index (χ3n) is 5.81. The van der Waals surface area contributed by atoms with Gasteiger partial charge in [0.05, 0.1) is 11.9 Å². The standard InChI is InChI=1S/C24H33N3O4S/c1-18-6-5-15-27(17-18)22-9-7-20(8-10-22)16-25-24(28)19(2)31-23-13-11-21(12-14-23)26(3)32(4,29)30/h7-14,18-19H,5-6,15-17H2,1-4H3,(H,25,28)/t18-,19-/m0/s1. The van der Waals surface area contributed by atoms with Gasteiger partial charge in [0, 0.05) is 32.4 Å². The number of benzene rings is 2. The summed E-state index contributed by atoms with van der Waals surface area (Å²) < 4.78 is 30.1. The average molecular weight is 460 g/mol. The molecule has 0 spiro atoms. The van der Waals surface area contributed by atoms with Gasteiger partial charge in [-0.1, -0.05) is 19.1 Å². The fourth-order valence-corrected chi connectivity index (χ4v) is 4.27. The molecule has 0 aromatic heterocycles. The first-order valence-corrected chi connectivity index (χ1v) is 12.8. The first kappa shape index (κ1) is 23.9. The number of rotatable bonds is 8. The minimum atomic E-state index is -3.33. The van der Waals surface area contributed by atoms with Crippen molar-refractivity contribution in [2.45, 2.75) is 39.3 Å². The molecule has 174 valence electrons. The minimum absolute atomic E-state index is 0.212. The van der Waals surface area contributed by atoms with Crippen molar-refractivity contribution in [3.63, 3.8) is 0 Å². The van der Waals surface area contributed by atoms with E-state index in [4.69, 9.17) is 4.74 Å². The molecule has 7 nitrogen and oxygen atoms in total. The van der Waals surface area contributed by atoms with Crippen LogP contribution in [0.1, 0.15) is 32.3 Å². The number of ether oxygens (including phenoxy) is 1. The van der Waals surface area contributed by atoms with Gasteiger partial charge < -0.3 is 15.0 Å². The normalized spacial score (nSPS) is 17.5. The van der Waals surface area contributed by atoms with Gasteiger partial charge in [0.25, 0.3) is 5.91 Å². The van der Waals surface area contributed by atoms with E-state index in [1.165, 1.54) is 29.9 Å². The van der Waals surface area contributed by atoms with Crippen LogP contribution in [0.15, 0.2) is 48.5 Å². The molecule has 1 aliphatic rings. The first-order valence-electron chi connectivity index (χ1n) is 11.0. The molecule has 1 heterocycles. The third-order valence-corrected chi connectivity index (χ3v) is 7.01. The maximum Gasteiger partial charge on any atom is 0.261 e. The Balaban J connectivity index is 1.49. The van der Waals surface area contributed by atoms with Gasteiger partial charge in [-0.2, -0.15) is 0 Å². The number of anilines is 2. The summed E-state index contributed by atoms with van der Waals surface area (Å²) in [5, 5.41) is 2.91. The highest BCUT2D eigenvalue weighted by Gasteiger charge is 2.18. The van der Waals surface area contributed by atoms with Gasteiger partial charge in [0.2, 0.25) is 10.0 Å². The lowest BCUT2D eigenvalue weighted by Gasteiger charge is -2.32. The van der Waals surface area contributed by atoms with E-state index < -0.39 is 16.1 Å². The summed E-state index contributed by atoms with van der Waals surface area (Å²) in [5.74, 6) is 1.01. The second kappa shape index (κ2) is 10.3. The zero-order valence-electron chi connectivity index (χ0n) is 19.2. The van der Waals surface area contributed by atoms with Gasteiger partial charge in [-0.15, -0.1) is 0 Å². The third kappa shape index (κ3) is 6.38. The van der Waals surface area contributed by atoms with Crippen molar-refractivity contribution in [2.75, 3.05) is 35.6 Å². The van der Waals surface area contributed by atoms with Crippen molar-refractivity contribution in [1.29, 1.82) is 0 Å². The van der Waals surface area contributed by atoms with Crippen LogP contribution in [0, 0.1) is 5.92 Å². The summed E-state index contributed by atoms with van der Waals surface area (Å²) in [5.41, 5.74) is 2.79. The largest absolute Gasteiger partial charge is 0.481 e. The van der Waals surface area contributed by atoms with E-state index in [9.17, 15) is 13.2 Å². The quantitative estimate of drug-likeness (QED) is 0.655. The van der Waals surface area contributed by atoms with Crippen molar-refractivity contribution < 1.29 is 17.9 Å². The predicted molar refractivity (Wildman–Crippen MR) is 129 cm³/mol. The molecule has 0 radical (unpaired) electrons. The molecule has 1 fully saturated rings. The highest BCUT2D eigenvalue weighted by Crippen LogP contribution is 2.23. The van der Waals surface area contributed by atoms with Crippen LogP contribution in [0.2, 0.25) is 0 Å². The fourth-order valence-electron chi connectivity index (χ4n) is 3.77. The molecule has 2 aromatic carbocycles. The Morgan fingerprint density at radius 2 is 1.84 bits per heavy atom. The van der Waals surface area contributed by atoms with Crippen molar-refractivity contribution in [3.8, 4) is 5.75 Å². The van der Waals surface area contributed by atoms with Gasteiger partial charge in [-0.05, 0) is 67.6 Å². The van der Waals surface area contributed by atoms with Crippen LogP contribution < -0.4 is 19.3 Å². The second-order valence-corrected chi connectivity index (χ2v) is 10.6. The number of sulfonamides is 1. The van der Waals surface area contributed by atoms with Gasteiger partial charge in [-0.25, -0.2) is 8.42 Å². The molecule has 8 heteroatoms. The molecule has 3 rings (SSSR count). The molecule has 0 aliphatic carbocycles. The van der Waals surface area contributed by atoms with Crippen LogP contribution in [-0.2, 0) is 21.4 Å². The Hall–Kier alpha value is -2.74. The Bertz CT molecular complexity index is 1010. The summed E-state index contributed by atoms with van der Waals surface area (Å²) in [6, 6.07) is 14.9. The molecule has 0 unspecified atom stereocenters. The van der Waals surface area contributed by atoms with Crippen LogP contribution in [0.25, 0.3) is 0 Å². The Morgan fingerprint density at radius 3 is 2.44 bits per heavy atom. The topological polar surface area (TPSA) is 79.0 Å². The van der Waals surface area contributed by atoms with Gasteiger partial charge in [0.1, 0.15) is 5.75 Å². The highest BCUT2D eigenvalue weighted by atomic mass is 32.2. The summed E-state index contributed by atoms with van der Waals surface area (Å²) in [7, 11) is -1.84. The number of amides is 1. The molecular weight excluding hydrogens is 426 g/mol. The Morgan fingerprint density at radius 1 is 1.19 bits per heavy atom. The smallest absolute Gasteiger partial charge is 0.261 e. The van der Waals surface area contributed by atoms with E-state index in [-0.39, 0.29) is 5.91 Å². The summed E-state index contributed by atoms with van der Waals surface area (Å²) in [6.07, 6.45) is 2.99. The lowest BCUT2D eigenvalue weighted by atomic mass is 9.99. The van der Waals surface area contributed by atoms with Crippen molar-refractivity contribution in [2.24, 2.45) is 5.92 Å². The molecule has 1 saturated heterocycles. The van der Waals surface area contributed by atoms with Crippen LogP contribution in [0.5, 0.6) is 5.75 Å². The highest BCUT2D eigenvalue weighted by molar-refractivity contribution is 7.92. The molecule has 0 saturated carbocycles. The van der Waals surface area contributed by atoms with Crippen LogP contribution >= 0.6 is 0 Å². The minimum Gasteiger partial charge on any atom is -0.481 e. The average Bonchev–Trinajstić information content (AvgIpc) is 2.77. The van der Waals surface area contributed by atoms with Crippen molar-refractivity contribution >= 4 is 27.3 Å². The summed E-state index contributed by atoms with van der Waals surface area (Å²) >= 11 is 0. The number of hydrogen-bond acceptors (Lipinski definition) is 5. The number of piperidine rings is 1. The van der Waals surface area contributed by atoms with Crippen molar-refractivity contribution in [3.05, 3.63) is 54.1 Å². The van der Waals surface area contributed by atoms with E-state index in [1.807, 2.05) is 0 Å². The SMILES string of the molecule is C[C@H]1CCCN(c2ccc(CNC(=O)[C@H](C)Oc3ccc(N(C)S(C)(=O)=O)cc3)cc2)C1. The molecule has 1 aliphatic heterocycles. The summed E-state index contributed by atoms with van der Waals surface area (Å²) in [4.78, 5) is 14.9. The first-order chi connectivity index (χ1) is 15.1. The van der Waals surface area contributed by atoms with Crippen LogP contribution in [-0.4, -0.2) is 46.8 Å². The fraction of sp³-hybridized carbons (Fsp3) is 0.458. The molecule has 0 bridgehead atoms. The number of nitrogens with one attached hydrogen (secondary N) is 1. The number of carbonyl (C=O) groups excluding carboxylic acids is 1. The maximum absolute atomic E-state index is 12.4. The van der Waals surface area contributed by atoms with Gasteiger partial charge in [0.15, 0.2) is 6.10 Å². The van der Waals surface area contributed by atoms with E-state index in [0.717, 1.165) is 30.8 Å². The Labute approximate surface area is 191 Å². The second-order valence-electron chi connectivity index (χ2n) is 8.56. The lowest BCUT2D eigenvalue weighted by Crippen LogP contribution is -2.36. The molecule has 2 atom stereocenters. The van der Waals surface area contributed by atoms with Gasteiger partial charge in [-0.3, -0.25) is 9.10 Å².